The number of hydrogen-bond donors (Lipinski definition) is 1. The molecule has 114 valence electrons. The van der Waals surface area contributed by atoms with Crippen molar-refractivity contribution in [1.82, 2.24) is 15.2 Å². The Morgan fingerprint density at radius 1 is 1.00 bits per heavy atom. The third kappa shape index (κ3) is 2.52. The van der Waals surface area contributed by atoms with Gasteiger partial charge in [-0.1, -0.05) is 42.0 Å². The van der Waals surface area contributed by atoms with Crippen LogP contribution in [0.1, 0.15) is 22.6 Å². The topological polar surface area (TPSA) is 54.7 Å². The van der Waals surface area contributed by atoms with E-state index >= 15 is 0 Å². The highest BCUT2D eigenvalue weighted by molar-refractivity contribution is 5.90. The second kappa shape index (κ2) is 5.39. The molecule has 0 bridgehead atoms. The van der Waals surface area contributed by atoms with Gasteiger partial charge in [0.05, 0.1) is 0 Å². The Labute approximate surface area is 134 Å². The molecule has 4 aromatic rings. The van der Waals surface area contributed by atoms with E-state index in [2.05, 4.69) is 64.6 Å². The fourth-order valence-electron chi connectivity index (χ4n) is 2.93. The number of hydrogen-bond acceptors (Lipinski definition) is 3. The highest BCUT2D eigenvalue weighted by Crippen LogP contribution is 2.32. The predicted molar refractivity (Wildman–Crippen MR) is 90.3 cm³/mol. The van der Waals surface area contributed by atoms with E-state index in [1.54, 1.807) is 6.92 Å². The predicted octanol–water partition coefficient (Wildman–Crippen LogP) is 4.43. The van der Waals surface area contributed by atoms with E-state index in [1.807, 2.05) is 6.07 Å². The number of nitrogens with zero attached hydrogens (tertiary/aromatic N) is 2. The van der Waals surface area contributed by atoms with Gasteiger partial charge in [-0.2, -0.15) is 0 Å². The van der Waals surface area contributed by atoms with Crippen LogP contribution in [-0.4, -0.2) is 15.2 Å². The van der Waals surface area contributed by atoms with Gasteiger partial charge in [0.2, 0.25) is 5.89 Å². The minimum absolute atomic E-state index is 0.544. The van der Waals surface area contributed by atoms with Gasteiger partial charge in [0.15, 0.2) is 0 Å². The van der Waals surface area contributed by atoms with Crippen LogP contribution in [0.3, 0.4) is 0 Å². The van der Waals surface area contributed by atoms with Crippen molar-refractivity contribution in [3.8, 4) is 11.6 Å². The lowest BCUT2D eigenvalue weighted by Crippen LogP contribution is -1.91. The smallest absolute Gasteiger partial charge is 0.264 e. The Balaban J connectivity index is 1.92. The van der Waals surface area contributed by atoms with E-state index in [-0.39, 0.29) is 0 Å². The summed E-state index contributed by atoms with van der Waals surface area (Å²) in [5.74, 6) is 1.11. The van der Waals surface area contributed by atoms with Gasteiger partial charge in [0, 0.05) is 24.2 Å². The lowest BCUT2D eigenvalue weighted by Gasteiger charge is -2.03. The fraction of sp³-hybridized carbons (Fsp3) is 0.158. The normalized spacial score (nSPS) is 11.2. The molecular formula is C19H17N3O. The molecule has 2 aromatic carbocycles. The SMILES string of the molecule is Cc1ccc2[nH]c(-c3nnc(C)o3)c(Cc3ccccc3)c2c1. The average Bonchev–Trinajstić information content (AvgIpc) is 3.13. The Hall–Kier alpha value is -2.88. The van der Waals surface area contributed by atoms with Gasteiger partial charge in [-0.25, -0.2) is 0 Å². The van der Waals surface area contributed by atoms with Gasteiger partial charge in [-0.15, -0.1) is 10.2 Å². The zero-order valence-corrected chi connectivity index (χ0v) is 13.1. The van der Waals surface area contributed by atoms with E-state index in [0.717, 1.165) is 17.6 Å². The first-order chi connectivity index (χ1) is 11.2. The zero-order valence-electron chi connectivity index (χ0n) is 13.1. The number of aryl methyl sites for hydroxylation is 2. The number of aromatic amines is 1. The molecule has 0 saturated heterocycles. The van der Waals surface area contributed by atoms with Gasteiger partial charge >= 0.3 is 0 Å². The Kier molecular flexibility index (Phi) is 3.23. The highest BCUT2D eigenvalue weighted by atomic mass is 16.4. The maximum absolute atomic E-state index is 5.65. The third-order valence-corrected chi connectivity index (χ3v) is 4.03. The summed E-state index contributed by atoms with van der Waals surface area (Å²) in [4.78, 5) is 3.45. The second-order valence-electron chi connectivity index (χ2n) is 5.82. The van der Waals surface area contributed by atoms with Crippen molar-refractivity contribution in [3.05, 3.63) is 71.1 Å². The molecule has 0 unspecified atom stereocenters. The van der Waals surface area contributed by atoms with Crippen LogP contribution in [0.2, 0.25) is 0 Å². The first-order valence-corrected chi connectivity index (χ1v) is 7.66. The Morgan fingerprint density at radius 3 is 2.57 bits per heavy atom. The van der Waals surface area contributed by atoms with E-state index in [1.165, 1.54) is 22.1 Å². The quantitative estimate of drug-likeness (QED) is 0.609. The molecule has 0 aliphatic carbocycles. The summed E-state index contributed by atoms with van der Waals surface area (Å²) in [6.07, 6.45) is 0.820. The molecule has 0 saturated carbocycles. The maximum Gasteiger partial charge on any atom is 0.264 e. The molecule has 4 nitrogen and oxygen atoms in total. The fourth-order valence-corrected chi connectivity index (χ4v) is 2.93. The molecule has 0 aliphatic heterocycles. The van der Waals surface area contributed by atoms with Crippen LogP contribution in [0.5, 0.6) is 0 Å². The van der Waals surface area contributed by atoms with Crippen LogP contribution >= 0.6 is 0 Å². The number of nitrogens with one attached hydrogen (secondary N) is 1. The lowest BCUT2D eigenvalue weighted by molar-refractivity contribution is 0.531. The second-order valence-corrected chi connectivity index (χ2v) is 5.82. The van der Waals surface area contributed by atoms with Crippen molar-refractivity contribution in [2.24, 2.45) is 0 Å². The van der Waals surface area contributed by atoms with Crippen molar-refractivity contribution in [1.29, 1.82) is 0 Å². The van der Waals surface area contributed by atoms with Gasteiger partial charge < -0.3 is 9.40 Å². The molecule has 0 amide bonds. The average molecular weight is 303 g/mol. The van der Waals surface area contributed by atoms with E-state index in [9.17, 15) is 0 Å². The molecular weight excluding hydrogens is 286 g/mol. The molecule has 4 heteroatoms. The Morgan fingerprint density at radius 2 is 1.83 bits per heavy atom. The standard InChI is InChI=1S/C19H17N3O/c1-12-8-9-17-15(10-12)16(11-14-6-4-3-5-7-14)18(20-17)19-22-21-13(2)23-19/h3-10,20H,11H2,1-2H3. The minimum Gasteiger partial charge on any atom is -0.420 e. The third-order valence-electron chi connectivity index (χ3n) is 4.03. The van der Waals surface area contributed by atoms with Crippen LogP contribution in [-0.2, 0) is 6.42 Å². The minimum atomic E-state index is 0.544. The summed E-state index contributed by atoms with van der Waals surface area (Å²) in [5, 5.41) is 9.36. The van der Waals surface area contributed by atoms with Crippen LogP contribution in [0, 0.1) is 13.8 Å². The summed E-state index contributed by atoms with van der Waals surface area (Å²) in [6.45, 7) is 3.91. The van der Waals surface area contributed by atoms with Gasteiger partial charge in [0.25, 0.3) is 5.89 Å². The van der Waals surface area contributed by atoms with Crippen molar-refractivity contribution < 1.29 is 4.42 Å². The van der Waals surface area contributed by atoms with Crippen molar-refractivity contribution in [2.45, 2.75) is 20.3 Å². The van der Waals surface area contributed by atoms with Crippen LogP contribution in [0.25, 0.3) is 22.5 Å². The zero-order chi connectivity index (χ0) is 15.8. The number of aromatic nitrogens is 3. The van der Waals surface area contributed by atoms with Gasteiger partial charge in [0.1, 0.15) is 5.69 Å². The molecule has 0 atom stereocenters. The molecule has 0 aliphatic rings. The van der Waals surface area contributed by atoms with Gasteiger partial charge in [-0.3, -0.25) is 0 Å². The van der Waals surface area contributed by atoms with E-state index in [0.29, 0.717) is 11.8 Å². The van der Waals surface area contributed by atoms with Crippen molar-refractivity contribution >= 4 is 10.9 Å². The summed E-state index contributed by atoms with van der Waals surface area (Å²) in [6, 6.07) is 16.8. The number of benzene rings is 2. The molecule has 0 fully saturated rings. The first kappa shape index (κ1) is 13.8. The molecule has 23 heavy (non-hydrogen) atoms. The van der Waals surface area contributed by atoms with Crippen molar-refractivity contribution in [2.75, 3.05) is 0 Å². The van der Waals surface area contributed by atoms with Gasteiger partial charge in [-0.05, 0) is 30.2 Å². The molecule has 1 N–H and O–H groups in total. The number of H-pyrrole nitrogens is 1. The highest BCUT2D eigenvalue weighted by Gasteiger charge is 2.18. The lowest BCUT2D eigenvalue weighted by atomic mass is 10.0. The molecule has 2 aromatic heterocycles. The summed E-state index contributed by atoms with van der Waals surface area (Å²) < 4.78 is 5.65. The van der Waals surface area contributed by atoms with Crippen LogP contribution in [0.15, 0.2) is 52.9 Å². The largest absolute Gasteiger partial charge is 0.420 e. The summed E-state index contributed by atoms with van der Waals surface area (Å²) >= 11 is 0. The summed E-state index contributed by atoms with van der Waals surface area (Å²) in [7, 11) is 0. The number of fused-ring (bicyclic) bond motifs is 1. The molecule has 2 heterocycles. The van der Waals surface area contributed by atoms with Crippen LogP contribution in [0.4, 0.5) is 0 Å². The van der Waals surface area contributed by atoms with E-state index < -0.39 is 0 Å². The monoisotopic (exact) mass is 303 g/mol. The summed E-state index contributed by atoms with van der Waals surface area (Å²) in [5.41, 5.74) is 5.69. The Bertz CT molecular complexity index is 967. The molecule has 0 radical (unpaired) electrons. The molecule has 4 rings (SSSR count). The maximum atomic E-state index is 5.65. The van der Waals surface area contributed by atoms with Crippen molar-refractivity contribution in [3.63, 3.8) is 0 Å². The van der Waals surface area contributed by atoms with E-state index in [4.69, 9.17) is 4.42 Å². The number of rotatable bonds is 3. The first-order valence-electron chi connectivity index (χ1n) is 7.66. The molecule has 0 spiro atoms. The van der Waals surface area contributed by atoms with Crippen LogP contribution < -0.4 is 0 Å².